The van der Waals surface area contributed by atoms with Crippen LogP contribution in [-0.2, 0) is 27.2 Å². The van der Waals surface area contributed by atoms with Gasteiger partial charge >= 0.3 is 0 Å². The van der Waals surface area contributed by atoms with Crippen LogP contribution in [0, 0.1) is 7.43 Å². The molecule has 0 unspecified atom stereocenters. The van der Waals surface area contributed by atoms with Gasteiger partial charge in [0.2, 0.25) is 0 Å². The Morgan fingerprint density at radius 2 is 0.833 bits per heavy atom. The second-order valence-electron chi connectivity index (χ2n) is 4.68. The Hall–Kier alpha value is -1.50. The molecule has 0 bridgehead atoms. The zero-order valence-corrected chi connectivity index (χ0v) is 17.0. The number of hydrogen-bond acceptors (Lipinski definition) is 1. The molecule has 3 heteroatoms. The summed E-state index contributed by atoms with van der Waals surface area (Å²) in [5.74, 6) is 0. The third-order valence-electron chi connectivity index (χ3n) is 3.19. The van der Waals surface area contributed by atoms with Crippen LogP contribution in [0.25, 0.3) is 0 Å². The van der Waals surface area contributed by atoms with Crippen molar-refractivity contribution >= 4 is 30.1 Å². The van der Waals surface area contributed by atoms with Gasteiger partial charge in [-0.3, -0.25) is 6.29 Å². The summed E-state index contributed by atoms with van der Waals surface area (Å²) in [6.45, 7) is 1.32. The maximum atomic E-state index is 8.68. The second kappa shape index (κ2) is 12.9. The van der Waals surface area contributed by atoms with E-state index >= 15 is 0 Å². The molecule has 0 N–H and O–H groups in total. The molecule has 0 saturated carbocycles. The van der Waals surface area contributed by atoms with Gasteiger partial charge in [0.1, 0.15) is 15.9 Å². The molecular weight excluding hydrogens is 496 g/mol. The summed E-state index contributed by atoms with van der Waals surface area (Å²) in [6, 6.07) is 32.5. The van der Waals surface area contributed by atoms with E-state index in [-0.39, 0.29) is 29.8 Å². The van der Waals surface area contributed by atoms with Crippen LogP contribution in [-0.4, -0.2) is 6.29 Å². The standard InChI is InChI=1S/C18H15P.C2H3O.CH3.Au/c1-4-10-16(11-5-1)19(17-12-6-2-7-13-17)18-14-8-3-9-15-18;1-2-3;;/h1-15H;1H3;1H3;/q;2*-1;/p+1. The summed E-state index contributed by atoms with van der Waals surface area (Å²) in [7, 11) is -0.877. The first-order valence-electron chi connectivity index (χ1n) is 7.19. The molecule has 0 aromatic heterocycles. The van der Waals surface area contributed by atoms with Gasteiger partial charge in [0.15, 0.2) is 0 Å². The van der Waals surface area contributed by atoms with Crippen LogP contribution < -0.4 is 15.9 Å². The normalized spacial score (nSPS) is 8.92. The van der Waals surface area contributed by atoms with Crippen LogP contribution in [0.2, 0.25) is 0 Å². The Balaban J connectivity index is 0.000000988. The fraction of sp³-hybridized carbons (Fsp3) is 0.0476. The maximum Gasteiger partial charge on any atom is 0.102 e. The van der Waals surface area contributed by atoms with E-state index in [0.717, 1.165) is 0 Å². The van der Waals surface area contributed by atoms with E-state index in [1.807, 2.05) is 0 Å². The largest absolute Gasteiger partial charge is 0.542 e. The van der Waals surface area contributed by atoms with Crippen LogP contribution in [0.4, 0.5) is 0 Å². The first-order chi connectivity index (χ1) is 10.9. The van der Waals surface area contributed by atoms with Crippen molar-refractivity contribution in [3.8, 4) is 0 Å². The van der Waals surface area contributed by atoms with Crippen molar-refractivity contribution in [3.05, 3.63) is 98.4 Å². The van der Waals surface area contributed by atoms with E-state index in [1.54, 1.807) is 0 Å². The van der Waals surface area contributed by atoms with Gasteiger partial charge in [0.25, 0.3) is 0 Å². The van der Waals surface area contributed by atoms with Gasteiger partial charge in [-0.05, 0) is 36.4 Å². The molecule has 0 aliphatic heterocycles. The van der Waals surface area contributed by atoms with Crippen LogP contribution >= 0.6 is 7.92 Å². The molecule has 0 aliphatic carbocycles. The Labute approximate surface area is 162 Å². The fourth-order valence-electron chi connectivity index (χ4n) is 2.31. The molecule has 0 amide bonds. The van der Waals surface area contributed by atoms with Crippen molar-refractivity contribution in [2.24, 2.45) is 0 Å². The Bertz CT molecular complexity index is 578. The number of benzene rings is 3. The Morgan fingerprint density at radius 3 is 1.04 bits per heavy atom. The number of carbonyl (C=O) groups excluding carboxylic acids is 1. The molecule has 0 saturated heterocycles. The molecule has 0 spiro atoms. The summed E-state index contributed by atoms with van der Waals surface area (Å²) in [4.78, 5) is 8.68. The van der Waals surface area contributed by atoms with E-state index in [1.165, 1.54) is 29.1 Å². The quantitative estimate of drug-likeness (QED) is 0.294. The van der Waals surface area contributed by atoms with Gasteiger partial charge in [-0.1, -0.05) is 54.6 Å². The second-order valence-corrected chi connectivity index (χ2v) is 7.16. The van der Waals surface area contributed by atoms with Crippen molar-refractivity contribution in [2.45, 2.75) is 6.92 Å². The molecule has 129 valence electrons. The molecule has 0 atom stereocenters. The van der Waals surface area contributed by atoms with Crippen LogP contribution in [0.1, 0.15) is 6.92 Å². The first-order valence-corrected chi connectivity index (χ1v) is 8.69. The van der Waals surface area contributed by atoms with Crippen molar-refractivity contribution < 1.29 is 27.2 Å². The van der Waals surface area contributed by atoms with E-state index in [9.17, 15) is 0 Å². The van der Waals surface area contributed by atoms with E-state index in [0.29, 0.717) is 0 Å². The minimum Gasteiger partial charge on any atom is -0.542 e. The number of rotatable bonds is 3. The molecule has 0 heterocycles. The summed E-state index contributed by atoms with van der Waals surface area (Å²) < 4.78 is 0. The third kappa shape index (κ3) is 6.55. The number of hydrogen-bond donors (Lipinski definition) is 0. The Morgan fingerprint density at radius 1 is 0.625 bits per heavy atom. The Kier molecular flexibility index (Phi) is 12.1. The van der Waals surface area contributed by atoms with Crippen LogP contribution in [0.3, 0.4) is 0 Å². The SMILES string of the molecule is C[C-]=O.[Au].[CH3-].c1ccc([PH+](c2ccccc2)c2ccccc2)cc1. The summed E-state index contributed by atoms with van der Waals surface area (Å²) in [5.41, 5.74) is 0. The van der Waals surface area contributed by atoms with Gasteiger partial charge in [-0.25, -0.2) is 0 Å². The molecule has 3 rings (SSSR count). The van der Waals surface area contributed by atoms with Crippen molar-refractivity contribution in [1.82, 2.24) is 0 Å². The van der Waals surface area contributed by atoms with Gasteiger partial charge in [-0.2, -0.15) is 6.92 Å². The maximum absolute atomic E-state index is 8.68. The van der Waals surface area contributed by atoms with Gasteiger partial charge in [0.05, 0.1) is 7.92 Å². The van der Waals surface area contributed by atoms with Gasteiger partial charge < -0.3 is 12.2 Å². The fourth-order valence-corrected chi connectivity index (χ4v) is 4.89. The molecule has 1 nitrogen and oxygen atoms in total. The molecule has 0 aliphatic rings. The van der Waals surface area contributed by atoms with Gasteiger partial charge in [0, 0.05) is 22.4 Å². The molecule has 1 radical (unpaired) electrons. The van der Waals surface area contributed by atoms with Gasteiger partial charge in [-0.15, -0.1) is 0 Å². The zero-order valence-electron chi connectivity index (χ0n) is 13.9. The average Bonchev–Trinajstić information content (AvgIpc) is 2.59. The monoisotopic (exact) mass is 518 g/mol. The van der Waals surface area contributed by atoms with Crippen molar-refractivity contribution in [1.29, 1.82) is 0 Å². The predicted molar refractivity (Wildman–Crippen MR) is 104 cm³/mol. The summed E-state index contributed by atoms with van der Waals surface area (Å²) in [5, 5.41) is 4.31. The zero-order chi connectivity index (χ0) is 15.6. The molecular formula is C21H22AuOP-. The van der Waals surface area contributed by atoms with Crippen LogP contribution in [0.5, 0.6) is 0 Å². The van der Waals surface area contributed by atoms with E-state index < -0.39 is 7.92 Å². The molecule has 0 fully saturated rings. The summed E-state index contributed by atoms with van der Waals surface area (Å²) in [6.07, 6.45) is 1.50. The molecule has 24 heavy (non-hydrogen) atoms. The minimum absolute atomic E-state index is 0. The van der Waals surface area contributed by atoms with Crippen molar-refractivity contribution in [2.75, 3.05) is 0 Å². The summed E-state index contributed by atoms with van der Waals surface area (Å²) >= 11 is 0. The first kappa shape index (κ1) is 22.5. The topological polar surface area (TPSA) is 17.1 Å². The third-order valence-corrected chi connectivity index (χ3v) is 5.92. The average molecular weight is 518 g/mol. The minimum atomic E-state index is -0.877. The van der Waals surface area contributed by atoms with Crippen molar-refractivity contribution in [3.63, 3.8) is 0 Å². The molecule has 3 aromatic rings. The van der Waals surface area contributed by atoms with E-state index in [4.69, 9.17) is 4.79 Å². The van der Waals surface area contributed by atoms with E-state index in [2.05, 4.69) is 91.0 Å². The smallest absolute Gasteiger partial charge is 0.102 e. The molecule has 3 aromatic carbocycles. The predicted octanol–water partition coefficient (Wildman–Crippen LogP) is 3.74. The van der Waals surface area contributed by atoms with Crippen LogP contribution in [0.15, 0.2) is 91.0 Å².